The predicted octanol–water partition coefficient (Wildman–Crippen LogP) is 0.397. The van der Waals surface area contributed by atoms with Gasteiger partial charge in [0.2, 0.25) is 5.91 Å². The van der Waals surface area contributed by atoms with Crippen molar-refractivity contribution in [2.75, 3.05) is 13.1 Å². The van der Waals surface area contributed by atoms with Gasteiger partial charge in [-0.25, -0.2) is 9.78 Å². The average Bonchev–Trinajstić information content (AvgIpc) is 2.84. The average molecular weight is 333 g/mol. The second-order valence-electron chi connectivity index (χ2n) is 6.45. The lowest BCUT2D eigenvalue weighted by molar-refractivity contribution is -0.134. The molecule has 1 aliphatic heterocycles. The molecule has 2 aromatic heterocycles. The minimum atomic E-state index is -0.529. The van der Waals surface area contributed by atoms with E-state index in [9.17, 15) is 14.4 Å². The summed E-state index contributed by atoms with van der Waals surface area (Å²) in [5, 5.41) is 0. The lowest BCUT2D eigenvalue weighted by atomic mass is 10.2. The van der Waals surface area contributed by atoms with Crippen molar-refractivity contribution >= 4 is 17.1 Å². The van der Waals surface area contributed by atoms with Gasteiger partial charge < -0.3 is 9.47 Å². The van der Waals surface area contributed by atoms with Crippen molar-refractivity contribution in [2.45, 2.75) is 38.6 Å². The first-order chi connectivity index (χ1) is 11.4. The molecule has 1 fully saturated rings. The number of carbonyl (C=O) groups is 1. The van der Waals surface area contributed by atoms with Gasteiger partial charge in [0.15, 0.2) is 11.2 Å². The van der Waals surface area contributed by atoms with Gasteiger partial charge in [-0.3, -0.25) is 18.7 Å². The van der Waals surface area contributed by atoms with Crippen LogP contribution in [0.4, 0.5) is 0 Å². The van der Waals surface area contributed by atoms with Crippen molar-refractivity contribution in [2.24, 2.45) is 14.1 Å². The summed E-state index contributed by atoms with van der Waals surface area (Å²) in [7, 11) is 3.01. The topological polar surface area (TPSA) is 82.1 Å². The van der Waals surface area contributed by atoms with Gasteiger partial charge in [0.1, 0.15) is 6.04 Å². The van der Waals surface area contributed by atoms with Crippen LogP contribution in [0.3, 0.4) is 0 Å². The van der Waals surface area contributed by atoms with Gasteiger partial charge in [0.05, 0.1) is 6.33 Å². The third kappa shape index (κ3) is 2.55. The minimum absolute atomic E-state index is 0.00731. The molecule has 8 nitrogen and oxygen atoms in total. The fourth-order valence-electron chi connectivity index (χ4n) is 3.33. The molecule has 3 heterocycles. The number of aryl methyl sites for hydroxylation is 1. The zero-order valence-electron chi connectivity index (χ0n) is 14.4. The fraction of sp³-hybridized carbons (Fsp3) is 0.625. The van der Waals surface area contributed by atoms with Gasteiger partial charge in [0, 0.05) is 27.2 Å². The molecule has 1 amide bonds. The van der Waals surface area contributed by atoms with Crippen LogP contribution in [0.5, 0.6) is 0 Å². The molecule has 1 unspecified atom stereocenters. The molecular weight excluding hydrogens is 310 g/mol. The third-order valence-corrected chi connectivity index (χ3v) is 4.87. The molecule has 2 aromatic rings. The van der Waals surface area contributed by atoms with Crippen molar-refractivity contribution in [1.29, 1.82) is 0 Å². The van der Waals surface area contributed by atoms with E-state index in [1.807, 2.05) is 4.90 Å². The maximum absolute atomic E-state index is 12.8. The van der Waals surface area contributed by atoms with Crippen LogP contribution in [0.15, 0.2) is 15.9 Å². The second-order valence-corrected chi connectivity index (χ2v) is 6.45. The molecule has 1 atom stereocenters. The Morgan fingerprint density at radius 2 is 1.71 bits per heavy atom. The summed E-state index contributed by atoms with van der Waals surface area (Å²) in [6, 6.07) is -0.529. The summed E-state index contributed by atoms with van der Waals surface area (Å²) >= 11 is 0. The van der Waals surface area contributed by atoms with Crippen molar-refractivity contribution < 1.29 is 4.79 Å². The quantitative estimate of drug-likeness (QED) is 0.796. The molecule has 0 radical (unpaired) electrons. The number of rotatable bonds is 2. The Bertz CT molecular complexity index is 883. The lowest BCUT2D eigenvalue weighted by Crippen LogP contribution is -2.40. The Balaban J connectivity index is 2.04. The van der Waals surface area contributed by atoms with E-state index in [2.05, 4.69) is 4.98 Å². The molecule has 0 saturated carbocycles. The van der Waals surface area contributed by atoms with Crippen LogP contribution in [-0.4, -0.2) is 42.6 Å². The Hall–Kier alpha value is -2.38. The molecule has 0 aliphatic carbocycles. The van der Waals surface area contributed by atoms with Crippen LogP contribution in [0.2, 0.25) is 0 Å². The summed E-state index contributed by atoms with van der Waals surface area (Å²) in [4.78, 5) is 43.4. The molecule has 1 aliphatic rings. The molecule has 8 heteroatoms. The molecule has 1 saturated heterocycles. The number of carbonyl (C=O) groups excluding carboxylic acids is 1. The number of hydrogen-bond acceptors (Lipinski definition) is 4. The number of hydrogen-bond donors (Lipinski definition) is 0. The van der Waals surface area contributed by atoms with Crippen LogP contribution in [0.1, 0.15) is 38.6 Å². The molecule has 0 spiro atoms. The first kappa shape index (κ1) is 16.5. The standard InChI is InChI=1S/C16H23N5O3/c1-11(14(22)20-8-6-4-5-7-9-20)21-10-17-13-12(21)15(23)19(3)16(24)18(13)2/h10-11H,4-9H2,1-3H3. The SMILES string of the molecule is CC(C(=O)N1CCCCCC1)n1cnc2c1c(=O)n(C)c(=O)n2C. The summed E-state index contributed by atoms with van der Waals surface area (Å²) in [5.74, 6) is -0.00731. The zero-order valence-corrected chi connectivity index (χ0v) is 14.4. The Morgan fingerprint density at radius 1 is 1.08 bits per heavy atom. The molecular formula is C16H23N5O3. The highest BCUT2D eigenvalue weighted by Crippen LogP contribution is 2.18. The first-order valence-corrected chi connectivity index (χ1v) is 8.35. The molecule has 0 aromatic carbocycles. The van der Waals surface area contributed by atoms with Gasteiger partial charge in [-0.15, -0.1) is 0 Å². The monoisotopic (exact) mass is 333 g/mol. The van der Waals surface area contributed by atoms with Gasteiger partial charge in [-0.05, 0) is 19.8 Å². The largest absolute Gasteiger partial charge is 0.341 e. The van der Waals surface area contributed by atoms with E-state index in [0.29, 0.717) is 5.65 Å². The van der Waals surface area contributed by atoms with E-state index < -0.39 is 17.3 Å². The van der Waals surface area contributed by atoms with E-state index in [0.717, 1.165) is 43.3 Å². The molecule has 130 valence electrons. The maximum Gasteiger partial charge on any atom is 0.332 e. The van der Waals surface area contributed by atoms with Crippen molar-refractivity contribution in [1.82, 2.24) is 23.6 Å². The van der Waals surface area contributed by atoms with Crippen molar-refractivity contribution in [3.8, 4) is 0 Å². The van der Waals surface area contributed by atoms with Crippen LogP contribution in [-0.2, 0) is 18.9 Å². The van der Waals surface area contributed by atoms with Gasteiger partial charge in [-0.2, -0.15) is 0 Å². The number of amides is 1. The van der Waals surface area contributed by atoms with Gasteiger partial charge >= 0.3 is 5.69 Å². The smallest absolute Gasteiger partial charge is 0.332 e. The highest BCUT2D eigenvalue weighted by Gasteiger charge is 2.26. The summed E-state index contributed by atoms with van der Waals surface area (Å²) in [6.07, 6.45) is 5.80. The van der Waals surface area contributed by atoms with Crippen molar-refractivity contribution in [3.63, 3.8) is 0 Å². The zero-order chi connectivity index (χ0) is 17.4. The van der Waals surface area contributed by atoms with Gasteiger partial charge in [-0.1, -0.05) is 12.8 Å². The number of imidazole rings is 1. The molecule has 3 rings (SSSR count). The summed E-state index contributed by atoms with van der Waals surface area (Å²) in [6.45, 7) is 3.29. The number of nitrogens with zero attached hydrogens (tertiary/aromatic N) is 5. The lowest BCUT2D eigenvalue weighted by Gasteiger charge is -2.25. The van der Waals surface area contributed by atoms with Crippen LogP contribution >= 0.6 is 0 Å². The van der Waals surface area contributed by atoms with Crippen LogP contribution in [0.25, 0.3) is 11.2 Å². The second kappa shape index (κ2) is 6.26. The van der Waals surface area contributed by atoms with E-state index in [4.69, 9.17) is 0 Å². The number of aromatic nitrogens is 4. The Labute approximate surface area is 139 Å². The molecule has 24 heavy (non-hydrogen) atoms. The van der Waals surface area contributed by atoms with Crippen LogP contribution in [0, 0.1) is 0 Å². The normalized spacial score (nSPS) is 17.0. The van der Waals surface area contributed by atoms with E-state index in [1.165, 1.54) is 17.9 Å². The van der Waals surface area contributed by atoms with E-state index in [1.54, 1.807) is 18.5 Å². The molecule has 0 N–H and O–H groups in total. The van der Waals surface area contributed by atoms with E-state index in [-0.39, 0.29) is 11.4 Å². The minimum Gasteiger partial charge on any atom is -0.341 e. The maximum atomic E-state index is 12.8. The van der Waals surface area contributed by atoms with Gasteiger partial charge in [0.25, 0.3) is 5.56 Å². The summed E-state index contributed by atoms with van der Waals surface area (Å²) in [5.41, 5.74) is -0.265. The predicted molar refractivity (Wildman–Crippen MR) is 90.0 cm³/mol. The number of fused-ring (bicyclic) bond motifs is 1. The third-order valence-electron chi connectivity index (χ3n) is 4.87. The fourth-order valence-corrected chi connectivity index (χ4v) is 3.33. The summed E-state index contributed by atoms with van der Waals surface area (Å²) < 4.78 is 3.96. The Morgan fingerprint density at radius 3 is 2.33 bits per heavy atom. The van der Waals surface area contributed by atoms with Crippen molar-refractivity contribution in [3.05, 3.63) is 27.2 Å². The first-order valence-electron chi connectivity index (χ1n) is 8.35. The molecule has 0 bridgehead atoms. The van der Waals surface area contributed by atoms with Crippen LogP contribution < -0.4 is 11.2 Å². The highest BCUT2D eigenvalue weighted by molar-refractivity contribution is 5.82. The Kier molecular flexibility index (Phi) is 4.29. The van der Waals surface area contributed by atoms with E-state index >= 15 is 0 Å². The highest BCUT2D eigenvalue weighted by atomic mass is 16.2. The number of likely N-dealkylation sites (tertiary alicyclic amines) is 1.